The van der Waals surface area contributed by atoms with Crippen molar-refractivity contribution in [2.45, 2.75) is 47.1 Å². The van der Waals surface area contributed by atoms with Gasteiger partial charge in [-0.3, -0.25) is 4.68 Å². The summed E-state index contributed by atoms with van der Waals surface area (Å²) in [7, 11) is 0. The van der Waals surface area contributed by atoms with E-state index in [4.69, 9.17) is 5.10 Å². The minimum Gasteiger partial charge on any atom is -0.266 e. The van der Waals surface area contributed by atoms with Crippen LogP contribution in [0.15, 0.2) is 30.3 Å². The minimum atomic E-state index is 0. The molecule has 1 aromatic carbocycles. The number of rotatable bonds is 4. The minimum absolute atomic E-state index is 0. The Labute approximate surface area is 136 Å². The van der Waals surface area contributed by atoms with Crippen LogP contribution in [-0.2, 0) is 26.8 Å². The fourth-order valence-corrected chi connectivity index (χ4v) is 2.59. The van der Waals surface area contributed by atoms with E-state index in [1.807, 2.05) is 0 Å². The van der Waals surface area contributed by atoms with E-state index in [0.29, 0.717) is 12.0 Å². The van der Waals surface area contributed by atoms with Crippen molar-refractivity contribution in [3.63, 3.8) is 0 Å². The Bertz CT molecular complexity index is 542. The third-order valence-electron chi connectivity index (χ3n) is 3.34. The standard InChI is InChI=1S/C17H24N2.Pd/c1-12(2)11-16-17(15-9-7-6-8-10-15)14(5)18-19(16)13(3)4;/h6-10,12-13H,11H2,1-5H3;. The van der Waals surface area contributed by atoms with Gasteiger partial charge in [-0.05, 0) is 38.7 Å². The van der Waals surface area contributed by atoms with Crippen LogP contribution in [0.3, 0.4) is 0 Å². The molecule has 0 saturated carbocycles. The normalized spacial score (nSPS) is 10.9. The molecule has 112 valence electrons. The molecule has 0 bridgehead atoms. The van der Waals surface area contributed by atoms with Gasteiger partial charge in [0.05, 0.1) is 5.69 Å². The Balaban J connectivity index is 0.00000200. The molecule has 0 saturated heterocycles. The number of hydrogen-bond donors (Lipinski definition) is 0. The van der Waals surface area contributed by atoms with E-state index in [1.165, 1.54) is 16.8 Å². The van der Waals surface area contributed by atoms with Crippen LogP contribution in [0.4, 0.5) is 0 Å². The fraction of sp³-hybridized carbons (Fsp3) is 0.471. The van der Waals surface area contributed by atoms with E-state index in [0.717, 1.165) is 12.1 Å². The summed E-state index contributed by atoms with van der Waals surface area (Å²) in [5, 5.41) is 4.76. The molecule has 0 spiro atoms. The number of aromatic nitrogens is 2. The molecule has 0 N–H and O–H groups in total. The maximum atomic E-state index is 4.76. The molecule has 0 aliphatic carbocycles. The maximum absolute atomic E-state index is 4.76. The van der Waals surface area contributed by atoms with Gasteiger partial charge in [0.25, 0.3) is 0 Å². The van der Waals surface area contributed by atoms with E-state index in [-0.39, 0.29) is 20.4 Å². The first-order valence-electron chi connectivity index (χ1n) is 7.14. The molecule has 2 nitrogen and oxygen atoms in total. The molecular weight excluding hydrogens is 339 g/mol. The average molecular weight is 363 g/mol. The van der Waals surface area contributed by atoms with E-state index in [1.54, 1.807) is 0 Å². The Morgan fingerprint density at radius 3 is 2.15 bits per heavy atom. The zero-order valence-electron chi connectivity index (χ0n) is 13.0. The summed E-state index contributed by atoms with van der Waals surface area (Å²) >= 11 is 0. The van der Waals surface area contributed by atoms with Gasteiger partial charge >= 0.3 is 0 Å². The van der Waals surface area contributed by atoms with Crippen molar-refractivity contribution in [1.29, 1.82) is 0 Å². The largest absolute Gasteiger partial charge is 0.266 e. The smallest absolute Gasteiger partial charge is 0.0675 e. The van der Waals surface area contributed by atoms with Gasteiger partial charge in [-0.1, -0.05) is 44.2 Å². The SMILES string of the molecule is Cc1nn(C(C)C)c(CC(C)C)c1-c1ccccc1.[Pd]. The van der Waals surface area contributed by atoms with Crippen molar-refractivity contribution in [2.75, 3.05) is 0 Å². The van der Waals surface area contributed by atoms with Gasteiger partial charge in [-0.25, -0.2) is 0 Å². The Hall–Kier alpha value is -0.908. The third-order valence-corrected chi connectivity index (χ3v) is 3.34. The number of aryl methyl sites for hydroxylation is 1. The summed E-state index contributed by atoms with van der Waals surface area (Å²) in [4.78, 5) is 0. The van der Waals surface area contributed by atoms with Gasteiger partial charge in [0.2, 0.25) is 0 Å². The van der Waals surface area contributed by atoms with Crippen LogP contribution in [0.2, 0.25) is 0 Å². The van der Waals surface area contributed by atoms with E-state index < -0.39 is 0 Å². The van der Waals surface area contributed by atoms with Gasteiger partial charge < -0.3 is 0 Å². The van der Waals surface area contributed by atoms with Crippen LogP contribution >= 0.6 is 0 Å². The first kappa shape index (κ1) is 17.1. The zero-order valence-corrected chi connectivity index (χ0v) is 14.5. The van der Waals surface area contributed by atoms with Gasteiger partial charge in [0.15, 0.2) is 0 Å². The number of hydrogen-bond acceptors (Lipinski definition) is 1. The van der Waals surface area contributed by atoms with Crippen LogP contribution in [0.25, 0.3) is 11.1 Å². The summed E-state index contributed by atoms with van der Waals surface area (Å²) in [6, 6.07) is 11.0. The first-order valence-corrected chi connectivity index (χ1v) is 7.14. The quantitative estimate of drug-likeness (QED) is 0.725. The molecule has 0 unspecified atom stereocenters. The summed E-state index contributed by atoms with van der Waals surface area (Å²) in [6.07, 6.45) is 1.07. The molecule has 2 aromatic rings. The second-order valence-corrected chi connectivity index (χ2v) is 5.91. The zero-order chi connectivity index (χ0) is 14.0. The molecular formula is C17H24N2Pd. The second kappa shape index (κ2) is 7.20. The van der Waals surface area contributed by atoms with E-state index in [9.17, 15) is 0 Å². The Morgan fingerprint density at radius 1 is 1.05 bits per heavy atom. The Morgan fingerprint density at radius 2 is 1.65 bits per heavy atom. The van der Waals surface area contributed by atoms with Crippen LogP contribution in [-0.4, -0.2) is 9.78 Å². The van der Waals surface area contributed by atoms with Crippen molar-refractivity contribution in [2.24, 2.45) is 5.92 Å². The van der Waals surface area contributed by atoms with Crippen LogP contribution in [0.1, 0.15) is 45.1 Å². The van der Waals surface area contributed by atoms with Crippen LogP contribution in [0.5, 0.6) is 0 Å². The second-order valence-electron chi connectivity index (χ2n) is 5.91. The van der Waals surface area contributed by atoms with Crippen molar-refractivity contribution in [1.82, 2.24) is 9.78 Å². The van der Waals surface area contributed by atoms with Crippen molar-refractivity contribution >= 4 is 0 Å². The molecule has 3 heteroatoms. The summed E-state index contributed by atoms with van der Waals surface area (Å²) < 4.78 is 2.19. The van der Waals surface area contributed by atoms with E-state index >= 15 is 0 Å². The van der Waals surface area contributed by atoms with Crippen molar-refractivity contribution in [3.8, 4) is 11.1 Å². The van der Waals surface area contributed by atoms with Gasteiger partial charge in [0, 0.05) is 37.7 Å². The molecule has 0 amide bonds. The summed E-state index contributed by atoms with van der Waals surface area (Å²) in [5.41, 5.74) is 5.11. The summed E-state index contributed by atoms with van der Waals surface area (Å²) in [6.45, 7) is 11.0. The molecule has 0 fully saturated rings. The predicted molar refractivity (Wildman–Crippen MR) is 81.3 cm³/mol. The van der Waals surface area contributed by atoms with Gasteiger partial charge in [-0.15, -0.1) is 0 Å². The average Bonchev–Trinajstić information content (AvgIpc) is 2.66. The molecule has 1 aromatic heterocycles. The van der Waals surface area contributed by atoms with Gasteiger partial charge in [0.1, 0.15) is 0 Å². The fourth-order valence-electron chi connectivity index (χ4n) is 2.59. The predicted octanol–water partition coefficient (Wildman–Crippen LogP) is 4.64. The third kappa shape index (κ3) is 3.59. The molecule has 0 aliphatic heterocycles. The van der Waals surface area contributed by atoms with Crippen LogP contribution in [0, 0.1) is 12.8 Å². The molecule has 2 rings (SSSR count). The molecule has 0 atom stereocenters. The Kier molecular flexibility index (Phi) is 6.17. The topological polar surface area (TPSA) is 17.8 Å². The first-order chi connectivity index (χ1) is 9.00. The van der Waals surface area contributed by atoms with Crippen LogP contribution < -0.4 is 0 Å². The molecule has 0 aliphatic rings. The van der Waals surface area contributed by atoms with Crippen molar-refractivity contribution < 1.29 is 20.4 Å². The number of benzene rings is 1. The molecule has 1 heterocycles. The van der Waals surface area contributed by atoms with E-state index in [2.05, 4.69) is 69.6 Å². The molecule has 0 radical (unpaired) electrons. The maximum Gasteiger partial charge on any atom is 0.0675 e. The number of nitrogens with zero attached hydrogens (tertiary/aromatic N) is 2. The monoisotopic (exact) mass is 362 g/mol. The summed E-state index contributed by atoms with van der Waals surface area (Å²) in [5.74, 6) is 0.635. The van der Waals surface area contributed by atoms with Gasteiger partial charge in [-0.2, -0.15) is 5.10 Å². The molecule has 20 heavy (non-hydrogen) atoms. The van der Waals surface area contributed by atoms with Crippen molar-refractivity contribution in [3.05, 3.63) is 41.7 Å².